The van der Waals surface area contributed by atoms with E-state index in [0.29, 0.717) is 16.3 Å². The number of nitro benzene ring substituents is 1. The fourth-order valence-corrected chi connectivity index (χ4v) is 2.11. The Morgan fingerprint density at radius 3 is 2.74 bits per heavy atom. The van der Waals surface area contributed by atoms with E-state index < -0.39 is 10.9 Å². The maximum atomic E-state index is 11.7. The van der Waals surface area contributed by atoms with E-state index in [-0.39, 0.29) is 18.9 Å². The van der Waals surface area contributed by atoms with Gasteiger partial charge in [0.1, 0.15) is 12.4 Å². The molecule has 120 valence electrons. The van der Waals surface area contributed by atoms with Gasteiger partial charge in [-0.05, 0) is 30.2 Å². The lowest BCUT2D eigenvalue weighted by Crippen LogP contribution is -2.15. The van der Waals surface area contributed by atoms with Gasteiger partial charge in [0.25, 0.3) is 5.69 Å². The van der Waals surface area contributed by atoms with E-state index in [2.05, 4.69) is 0 Å². The monoisotopic (exact) mass is 335 g/mol. The lowest BCUT2D eigenvalue weighted by Gasteiger charge is -2.09. The third kappa shape index (κ3) is 4.96. The van der Waals surface area contributed by atoms with Gasteiger partial charge in [0, 0.05) is 12.1 Å². The van der Waals surface area contributed by atoms with Gasteiger partial charge in [0.15, 0.2) is 6.61 Å². The van der Waals surface area contributed by atoms with E-state index in [1.807, 2.05) is 13.0 Å². The van der Waals surface area contributed by atoms with Crippen LogP contribution in [0.1, 0.15) is 11.1 Å². The van der Waals surface area contributed by atoms with Crippen LogP contribution in [-0.2, 0) is 16.1 Å². The summed E-state index contributed by atoms with van der Waals surface area (Å²) in [5.41, 5.74) is 1.46. The van der Waals surface area contributed by atoms with Crippen molar-refractivity contribution in [2.24, 2.45) is 0 Å². The number of non-ortho nitro benzene ring substituents is 1. The van der Waals surface area contributed by atoms with Crippen LogP contribution in [0.5, 0.6) is 5.75 Å². The highest BCUT2D eigenvalue weighted by atomic mass is 35.5. The van der Waals surface area contributed by atoms with Gasteiger partial charge in [0.05, 0.1) is 9.95 Å². The van der Waals surface area contributed by atoms with Crippen molar-refractivity contribution < 1.29 is 19.2 Å². The molecule has 2 aromatic carbocycles. The molecule has 0 atom stereocenters. The normalized spacial score (nSPS) is 10.2. The van der Waals surface area contributed by atoms with E-state index in [1.54, 1.807) is 18.2 Å². The number of carbonyl (C=O) groups is 1. The first-order valence-corrected chi connectivity index (χ1v) is 7.11. The molecule has 6 nitrogen and oxygen atoms in total. The molecule has 0 saturated carbocycles. The largest absolute Gasteiger partial charge is 0.480 e. The number of esters is 1. The topological polar surface area (TPSA) is 78.7 Å². The molecule has 0 fully saturated rings. The highest BCUT2D eigenvalue weighted by Crippen LogP contribution is 2.25. The molecule has 0 unspecified atom stereocenters. The van der Waals surface area contributed by atoms with Crippen molar-refractivity contribution in [1.29, 1.82) is 0 Å². The molecule has 0 radical (unpaired) electrons. The van der Waals surface area contributed by atoms with Crippen LogP contribution in [0.15, 0.2) is 42.5 Å². The predicted octanol–water partition coefficient (Wildman–Crippen LogP) is 3.68. The zero-order chi connectivity index (χ0) is 16.8. The van der Waals surface area contributed by atoms with E-state index in [9.17, 15) is 14.9 Å². The number of ether oxygens (including phenoxy) is 2. The summed E-state index contributed by atoms with van der Waals surface area (Å²) in [6.45, 7) is 1.53. The zero-order valence-corrected chi connectivity index (χ0v) is 13.1. The number of nitrogens with zero attached hydrogens (tertiary/aromatic N) is 1. The lowest BCUT2D eigenvalue weighted by atomic mass is 10.2. The Morgan fingerprint density at radius 2 is 2.04 bits per heavy atom. The molecule has 2 aromatic rings. The van der Waals surface area contributed by atoms with Crippen molar-refractivity contribution in [1.82, 2.24) is 0 Å². The molecule has 0 aromatic heterocycles. The van der Waals surface area contributed by atoms with Crippen LogP contribution in [0.25, 0.3) is 0 Å². The number of carbonyl (C=O) groups excluding carboxylic acids is 1. The fraction of sp³-hybridized carbons (Fsp3) is 0.188. The molecule has 0 spiro atoms. The van der Waals surface area contributed by atoms with Crippen molar-refractivity contribution in [3.05, 3.63) is 68.7 Å². The average molecular weight is 336 g/mol. The summed E-state index contributed by atoms with van der Waals surface area (Å²) >= 11 is 5.99. The molecule has 0 saturated heterocycles. The van der Waals surface area contributed by atoms with Crippen LogP contribution >= 0.6 is 11.6 Å². The molecular formula is C16H14ClNO5. The molecular weight excluding hydrogens is 322 g/mol. The molecule has 0 aliphatic heterocycles. The first-order chi connectivity index (χ1) is 11.0. The standard InChI is InChI=1S/C16H14ClNO5/c1-11-5-6-15(14(17)7-11)22-10-16(19)23-9-12-3-2-4-13(8-12)18(20)21/h2-8H,9-10H2,1H3. The Balaban J connectivity index is 1.85. The first-order valence-electron chi connectivity index (χ1n) is 6.73. The van der Waals surface area contributed by atoms with Crippen LogP contribution in [0, 0.1) is 17.0 Å². The molecule has 7 heteroatoms. The van der Waals surface area contributed by atoms with E-state index >= 15 is 0 Å². The third-order valence-corrected chi connectivity index (χ3v) is 3.25. The fourth-order valence-electron chi connectivity index (χ4n) is 1.82. The number of rotatable bonds is 6. The van der Waals surface area contributed by atoms with Crippen molar-refractivity contribution >= 4 is 23.3 Å². The van der Waals surface area contributed by atoms with Crippen LogP contribution in [0.2, 0.25) is 5.02 Å². The molecule has 0 amide bonds. The molecule has 2 rings (SSSR count). The Labute approximate surface area is 137 Å². The van der Waals surface area contributed by atoms with Gasteiger partial charge in [-0.25, -0.2) is 4.79 Å². The van der Waals surface area contributed by atoms with Crippen LogP contribution in [0.3, 0.4) is 0 Å². The summed E-state index contributed by atoms with van der Waals surface area (Å²) < 4.78 is 10.3. The highest BCUT2D eigenvalue weighted by molar-refractivity contribution is 6.32. The summed E-state index contributed by atoms with van der Waals surface area (Å²) in [5, 5.41) is 11.1. The van der Waals surface area contributed by atoms with Gasteiger partial charge < -0.3 is 9.47 Å². The predicted molar refractivity (Wildman–Crippen MR) is 84.6 cm³/mol. The molecule has 23 heavy (non-hydrogen) atoms. The van der Waals surface area contributed by atoms with Gasteiger partial charge in [-0.15, -0.1) is 0 Å². The maximum absolute atomic E-state index is 11.7. The Kier molecular flexibility index (Phi) is 5.54. The summed E-state index contributed by atoms with van der Waals surface area (Å²) in [5.74, 6) is -0.197. The minimum atomic E-state index is -0.590. The van der Waals surface area contributed by atoms with Gasteiger partial charge in [-0.1, -0.05) is 29.8 Å². The van der Waals surface area contributed by atoms with Gasteiger partial charge in [-0.2, -0.15) is 0 Å². The quantitative estimate of drug-likeness (QED) is 0.457. The van der Waals surface area contributed by atoms with E-state index in [0.717, 1.165) is 5.56 Å². The summed E-state index contributed by atoms with van der Waals surface area (Å²) in [6, 6.07) is 11.1. The van der Waals surface area contributed by atoms with E-state index in [4.69, 9.17) is 21.1 Å². The number of nitro groups is 1. The van der Waals surface area contributed by atoms with Crippen LogP contribution in [-0.4, -0.2) is 17.5 Å². The molecule has 0 aliphatic rings. The summed E-state index contributed by atoms with van der Waals surface area (Å²) in [6.07, 6.45) is 0. The number of hydrogen-bond acceptors (Lipinski definition) is 5. The Morgan fingerprint density at radius 1 is 1.26 bits per heavy atom. The molecule has 0 bridgehead atoms. The van der Waals surface area contributed by atoms with Gasteiger partial charge >= 0.3 is 5.97 Å². The average Bonchev–Trinajstić information content (AvgIpc) is 2.52. The summed E-state index contributed by atoms with van der Waals surface area (Å²) in [7, 11) is 0. The maximum Gasteiger partial charge on any atom is 0.344 e. The smallest absolute Gasteiger partial charge is 0.344 e. The van der Waals surface area contributed by atoms with Crippen LogP contribution in [0.4, 0.5) is 5.69 Å². The Hall–Kier alpha value is -2.60. The minimum Gasteiger partial charge on any atom is -0.480 e. The number of halogens is 1. The number of hydrogen-bond donors (Lipinski definition) is 0. The van der Waals surface area contributed by atoms with Crippen molar-refractivity contribution in [3.8, 4) is 5.75 Å². The minimum absolute atomic E-state index is 0.0544. The van der Waals surface area contributed by atoms with Crippen molar-refractivity contribution in [2.75, 3.05) is 6.61 Å². The molecule has 0 N–H and O–H groups in total. The van der Waals surface area contributed by atoms with Gasteiger partial charge in [-0.3, -0.25) is 10.1 Å². The third-order valence-electron chi connectivity index (χ3n) is 2.95. The molecule has 0 heterocycles. The lowest BCUT2D eigenvalue weighted by molar-refractivity contribution is -0.384. The van der Waals surface area contributed by atoms with Crippen molar-refractivity contribution in [2.45, 2.75) is 13.5 Å². The summed E-state index contributed by atoms with van der Waals surface area (Å²) in [4.78, 5) is 21.8. The van der Waals surface area contributed by atoms with Gasteiger partial charge in [0.2, 0.25) is 0 Å². The SMILES string of the molecule is Cc1ccc(OCC(=O)OCc2cccc([N+](=O)[O-])c2)c(Cl)c1. The second kappa shape index (κ2) is 7.60. The van der Waals surface area contributed by atoms with Crippen LogP contribution < -0.4 is 4.74 Å². The number of benzene rings is 2. The number of aryl methyl sites for hydroxylation is 1. The Bertz CT molecular complexity index is 732. The zero-order valence-electron chi connectivity index (χ0n) is 12.3. The van der Waals surface area contributed by atoms with Crippen molar-refractivity contribution in [3.63, 3.8) is 0 Å². The second-order valence-electron chi connectivity index (χ2n) is 4.81. The highest BCUT2D eigenvalue weighted by Gasteiger charge is 2.10. The van der Waals surface area contributed by atoms with E-state index in [1.165, 1.54) is 18.2 Å². The second-order valence-corrected chi connectivity index (χ2v) is 5.22. The first kappa shape index (κ1) is 16.8. The molecule has 0 aliphatic carbocycles.